The third-order valence-corrected chi connectivity index (χ3v) is 2.53. The number of anilines is 1. The average molecular weight is 241 g/mol. The number of pyridine rings is 1. The predicted molar refractivity (Wildman–Crippen MR) is 67.2 cm³/mol. The number of nitrogen functional groups attached to an aromatic ring is 1. The first-order chi connectivity index (χ1) is 8.74. The van der Waals surface area contributed by atoms with Crippen molar-refractivity contribution < 1.29 is 4.74 Å². The Morgan fingerprint density at radius 3 is 2.83 bits per heavy atom. The maximum atomic E-state index is 5.89. The average Bonchev–Trinajstić information content (AvgIpc) is 2.79. The zero-order chi connectivity index (χ0) is 12.5. The molecule has 0 saturated carbocycles. The fourth-order valence-electron chi connectivity index (χ4n) is 1.70. The lowest BCUT2D eigenvalue weighted by Crippen LogP contribution is -1.96. The van der Waals surface area contributed by atoms with Crippen molar-refractivity contribution in [2.75, 3.05) is 5.73 Å². The Balaban J connectivity index is 2.12. The summed E-state index contributed by atoms with van der Waals surface area (Å²) >= 11 is 0. The number of nitrogens with two attached hydrogens (primary N) is 1. The van der Waals surface area contributed by atoms with E-state index in [0.717, 1.165) is 10.9 Å². The normalized spacial score (nSPS) is 10.7. The Labute approximate surface area is 103 Å². The topological polar surface area (TPSA) is 78.9 Å². The molecule has 0 spiro atoms. The number of para-hydroxylation sites is 1. The number of fused-ring (bicyclic) bond motifs is 1. The minimum absolute atomic E-state index is 0.264. The monoisotopic (exact) mass is 241 g/mol. The molecule has 0 radical (unpaired) electrons. The van der Waals surface area contributed by atoms with E-state index in [-0.39, 0.29) is 6.01 Å². The van der Waals surface area contributed by atoms with Crippen LogP contribution in [-0.2, 0) is 7.05 Å². The molecule has 0 saturated heterocycles. The van der Waals surface area contributed by atoms with Gasteiger partial charge in [-0.15, -0.1) is 5.10 Å². The Bertz CT molecular complexity index is 707. The number of nitrogens with zero attached hydrogens (tertiary/aromatic N) is 4. The van der Waals surface area contributed by atoms with Gasteiger partial charge in [0.2, 0.25) is 0 Å². The molecule has 0 fully saturated rings. The Morgan fingerprint density at radius 2 is 2.06 bits per heavy atom. The minimum Gasteiger partial charge on any atom is -0.420 e. The summed E-state index contributed by atoms with van der Waals surface area (Å²) in [5.74, 6) is 0.534. The van der Waals surface area contributed by atoms with Crippen LogP contribution >= 0.6 is 0 Å². The van der Waals surface area contributed by atoms with Crippen LogP contribution in [0.4, 0.5) is 5.69 Å². The van der Waals surface area contributed by atoms with E-state index >= 15 is 0 Å². The van der Waals surface area contributed by atoms with Gasteiger partial charge in [-0.05, 0) is 12.1 Å². The first kappa shape index (κ1) is 10.5. The molecule has 90 valence electrons. The first-order valence-electron chi connectivity index (χ1n) is 5.41. The zero-order valence-electron chi connectivity index (χ0n) is 9.74. The van der Waals surface area contributed by atoms with E-state index in [0.29, 0.717) is 11.4 Å². The number of benzene rings is 1. The molecular weight excluding hydrogens is 230 g/mol. The van der Waals surface area contributed by atoms with Crippen molar-refractivity contribution in [1.29, 1.82) is 0 Å². The van der Waals surface area contributed by atoms with Gasteiger partial charge in [0.25, 0.3) is 0 Å². The molecule has 2 heterocycles. The number of ether oxygens (including phenoxy) is 1. The number of rotatable bonds is 2. The highest BCUT2D eigenvalue weighted by molar-refractivity contribution is 5.89. The van der Waals surface area contributed by atoms with Crippen molar-refractivity contribution in [2.45, 2.75) is 0 Å². The quantitative estimate of drug-likeness (QED) is 0.739. The number of hydrogen-bond donors (Lipinski definition) is 1. The maximum Gasteiger partial charge on any atom is 0.341 e. The Morgan fingerprint density at radius 1 is 1.22 bits per heavy atom. The predicted octanol–water partition coefficient (Wildman–Crippen LogP) is 1.74. The van der Waals surface area contributed by atoms with Crippen molar-refractivity contribution in [3.05, 3.63) is 36.8 Å². The van der Waals surface area contributed by atoms with Gasteiger partial charge < -0.3 is 10.5 Å². The lowest BCUT2D eigenvalue weighted by Gasteiger charge is -2.07. The van der Waals surface area contributed by atoms with Crippen LogP contribution in [0.3, 0.4) is 0 Å². The van der Waals surface area contributed by atoms with Crippen LogP contribution in [0.1, 0.15) is 0 Å². The fourth-order valence-corrected chi connectivity index (χ4v) is 1.70. The van der Waals surface area contributed by atoms with E-state index in [1.165, 1.54) is 0 Å². The standard InChI is InChI=1S/C12H11N5O/c1-17-7-15-12(16-17)18-11-8-4-2-3-5-10(8)14-6-9(11)13/h2-7H,13H2,1H3. The van der Waals surface area contributed by atoms with E-state index in [9.17, 15) is 0 Å². The lowest BCUT2D eigenvalue weighted by atomic mass is 10.2. The van der Waals surface area contributed by atoms with Gasteiger partial charge in [0.05, 0.1) is 17.4 Å². The molecule has 3 rings (SSSR count). The number of hydrogen-bond acceptors (Lipinski definition) is 5. The zero-order valence-corrected chi connectivity index (χ0v) is 9.74. The van der Waals surface area contributed by atoms with E-state index in [1.54, 1.807) is 24.3 Å². The van der Waals surface area contributed by atoms with Gasteiger partial charge in [-0.3, -0.25) is 9.67 Å². The highest BCUT2D eigenvalue weighted by Crippen LogP contribution is 2.32. The van der Waals surface area contributed by atoms with Crippen LogP contribution < -0.4 is 10.5 Å². The first-order valence-corrected chi connectivity index (χ1v) is 5.41. The molecule has 2 aromatic heterocycles. The molecule has 0 bridgehead atoms. The van der Waals surface area contributed by atoms with E-state index in [4.69, 9.17) is 10.5 Å². The van der Waals surface area contributed by atoms with E-state index in [1.807, 2.05) is 24.3 Å². The van der Waals surface area contributed by atoms with Crippen LogP contribution in [0.2, 0.25) is 0 Å². The molecule has 1 aromatic carbocycles. The summed E-state index contributed by atoms with van der Waals surface area (Å²) in [5, 5.41) is 4.90. The summed E-state index contributed by atoms with van der Waals surface area (Å²) in [6.45, 7) is 0. The molecule has 0 aliphatic carbocycles. The SMILES string of the molecule is Cn1cnc(Oc2c(N)cnc3ccccc23)n1. The second-order valence-corrected chi connectivity index (χ2v) is 3.86. The summed E-state index contributed by atoms with van der Waals surface area (Å²) in [6.07, 6.45) is 3.13. The summed E-state index contributed by atoms with van der Waals surface area (Å²) in [6, 6.07) is 7.88. The van der Waals surface area contributed by atoms with Gasteiger partial charge >= 0.3 is 6.01 Å². The van der Waals surface area contributed by atoms with Crippen LogP contribution in [0.25, 0.3) is 10.9 Å². The fraction of sp³-hybridized carbons (Fsp3) is 0.0833. The third-order valence-electron chi connectivity index (χ3n) is 2.53. The van der Waals surface area contributed by atoms with Gasteiger partial charge in [0.1, 0.15) is 6.33 Å². The maximum absolute atomic E-state index is 5.89. The third kappa shape index (κ3) is 1.73. The molecule has 0 atom stereocenters. The molecule has 3 aromatic rings. The van der Waals surface area contributed by atoms with Crippen molar-refractivity contribution >= 4 is 16.6 Å². The minimum atomic E-state index is 0.264. The highest BCUT2D eigenvalue weighted by atomic mass is 16.5. The van der Waals surface area contributed by atoms with Crippen molar-refractivity contribution in [3.63, 3.8) is 0 Å². The van der Waals surface area contributed by atoms with Gasteiger partial charge in [-0.1, -0.05) is 12.1 Å². The van der Waals surface area contributed by atoms with Crippen molar-refractivity contribution in [1.82, 2.24) is 19.7 Å². The summed E-state index contributed by atoms with van der Waals surface area (Å²) in [5.41, 5.74) is 7.17. The van der Waals surface area contributed by atoms with Gasteiger partial charge in [0, 0.05) is 12.4 Å². The van der Waals surface area contributed by atoms with Gasteiger partial charge in [-0.2, -0.15) is 4.98 Å². The molecular formula is C12H11N5O. The Hall–Kier alpha value is -2.63. The second-order valence-electron chi connectivity index (χ2n) is 3.86. The highest BCUT2D eigenvalue weighted by Gasteiger charge is 2.10. The van der Waals surface area contributed by atoms with Crippen LogP contribution in [-0.4, -0.2) is 19.7 Å². The summed E-state index contributed by atoms with van der Waals surface area (Å²) < 4.78 is 7.20. The molecule has 6 nitrogen and oxygen atoms in total. The second kappa shape index (κ2) is 3.99. The number of aryl methyl sites for hydroxylation is 1. The van der Waals surface area contributed by atoms with Crippen LogP contribution in [0, 0.1) is 0 Å². The Kier molecular flexibility index (Phi) is 2.33. The largest absolute Gasteiger partial charge is 0.420 e. The lowest BCUT2D eigenvalue weighted by molar-refractivity contribution is 0.445. The molecule has 0 unspecified atom stereocenters. The molecule has 0 amide bonds. The van der Waals surface area contributed by atoms with Crippen molar-refractivity contribution in [3.8, 4) is 11.8 Å². The molecule has 0 aliphatic heterocycles. The van der Waals surface area contributed by atoms with Gasteiger partial charge in [-0.25, -0.2) is 0 Å². The molecule has 2 N–H and O–H groups in total. The van der Waals surface area contributed by atoms with Gasteiger partial charge in [0.15, 0.2) is 5.75 Å². The summed E-state index contributed by atoms with van der Waals surface area (Å²) in [7, 11) is 1.77. The van der Waals surface area contributed by atoms with E-state index in [2.05, 4.69) is 15.1 Å². The smallest absolute Gasteiger partial charge is 0.341 e. The van der Waals surface area contributed by atoms with Crippen molar-refractivity contribution in [2.24, 2.45) is 7.05 Å². The van der Waals surface area contributed by atoms with E-state index < -0.39 is 0 Å². The summed E-state index contributed by atoms with van der Waals surface area (Å²) in [4.78, 5) is 8.25. The molecule has 18 heavy (non-hydrogen) atoms. The molecule has 6 heteroatoms. The van der Waals surface area contributed by atoms with Crippen LogP contribution in [0.5, 0.6) is 11.8 Å². The molecule has 0 aliphatic rings. The van der Waals surface area contributed by atoms with Crippen LogP contribution in [0.15, 0.2) is 36.8 Å². The number of aromatic nitrogens is 4.